The van der Waals surface area contributed by atoms with Crippen LogP contribution in [0.2, 0.25) is 0 Å². The standard InChI is InChI=1S/C6H15NO3.Ca.ClH.Na.H2O.3H/c8-4-1-7(2-5-9)3-6-10;;;;;;;/h8-10H,1-6H2;;1H;;1H2;;;/q;+2;;+1;;3*-1. The first-order valence-electron chi connectivity index (χ1n) is 3.40. The minimum Gasteiger partial charge on any atom is -1.00 e. The molecule has 14 heavy (non-hydrogen) atoms. The second kappa shape index (κ2) is 24.5. The van der Waals surface area contributed by atoms with E-state index in [2.05, 4.69) is 0 Å². The van der Waals surface area contributed by atoms with Gasteiger partial charge in [-0.25, -0.2) is 0 Å². The van der Waals surface area contributed by atoms with Gasteiger partial charge in [0.2, 0.25) is 0 Å². The summed E-state index contributed by atoms with van der Waals surface area (Å²) in [6.07, 6.45) is 0. The van der Waals surface area contributed by atoms with Gasteiger partial charge >= 0.3 is 67.3 Å². The summed E-state index contributed by atoms with van der Waals surface area (Å²) in [5, 5.41) is 25.5. The van der Waals surface area contributed by atoms with E-state index in [0.717, 1.165) is 0 Å². The molecule has 0 spiro atoms. The molecule has 0 amide bonds. The van der Waals surface area contributed by atoms with Crippen LogP contribution in [0.25, 0.3) is 0 Å². The third-order valence-electron chi connectivity index (χ3n) is 1.25. The van der Waals surface area contributed by atoms with Crippen LogP contribution in [0.3, 0.4) is 0 Å². The van der Waals surface area contributed by atoms with Crippen LogP contribution >= 0.6 is 12.4 Å². The molecule has 0 aromatic carbocycles. The molecule has 0 atom stereocenters. The molecule has 0 fully saturated rings. The SMILES string of the molecule is Cl.O.OCCN(CCO)CCO.[Ca+2].[H-].[H-].[H-].[Na+]. The number of halogens is 1. The van der Waals surface area contributed by atoms with E-state index >= 15 is 0 Å². The molecule has 0 saturated carbocycles. The Morgan fingerprint density at radius 1 is 0.857 bits per heavy atom. The second-order valence-corrected chi connectivity index (χ2v) is 2.01. The van der Waals surface area contributed by atoms with E-state index in [9.17, 15) is 0 Å². The average Bonchev–Trinajstić information content (AvgIpc) is 1.90. The van der Waals surface area contributed by atoms with E-state index in [1.807, 2.05) is 0 Å². The fraction of sp³-hybridized carbons (Fsp3) is 1.00. The zero-order valence-electron chi connectivity index (χ0n) is 11.6. The van der Waals surface area contributed by atoms with Crippen molar-refractivity contribution in [2.45, 2.75) is 0 Å². The molecule has 0 heterocycles. The Morgan fingerprint density at radius 3 is 1.21 bits per heavy atom. The van der Waals surface area contributed by atoms with Gasteiger partial charge in [0.05, 0.1) is 19.8 Å². The van der Waals surface area contributed by atoms with Crippen LogP contribution in [0, 0.1) is 0 Å². The molecule has 0 saturated heterocycles. The first-order chi connectivity index (χ1) is 4.85. The summed E-state index contributed by atoms with van der Waals surface area (Å²) in [5.74, 6) is 0. The van der Waals surface area contributed by atoms with Crippen molar-refractivity contribution in [3.05, 3.63) is 0 Å². The molecule has 0 radical (unpaired) electrons. The fourth-order valence-corrected chi connectivity index (χ4v) is 0.760. The summed E-state index contributed by atoms with van der Waals surface area (Å²) in [5.41, 5.74) is 0. The number of hydrogen-bond acceptors (Lipinski definition) is 4. The summed E-state index contributed by atoms with van der Waals surface area (Å²) in [7, 11) is 0. The van der Waals surface area contributed by atoms with Gasteiger partial charge in [0.15, 0.2) is 0 Å². The molecule has 0 aliphatic carbocycles. The van der Waals surface area contributed by atoms with Gasteiger partial charge in [0.1, 0.15) is 0 Å². The molecular formula is C6H21CaClNNaO4. The van der Waals surface area contributed by atoms with E-state index < -0.39 is 0 Å². The van der Waals surface area contributed by atoms with Gasteiger partial charge < -0.3 is 25.1 Å². The predicted octanol–water partition coefficient (Wildman–Crippen LogP) is -5.18. The van der Waals surface area contributed by atoms with Gasteiger partial charge in [-0.1, -0.05) is 0 Å². The van der Waals surface area contributed by atoms with Gasteiger partial charge in [-0.15, -0.1) is 12.4 Å². The van der Waals surface area contributed by atoms with E-state index in [0.29, 0.717) is 19.6 Å². The van der Waals surface area contributed by atoms with Gasteiger partial charge in [0.25, 0.3) is 0 Å². The Hall–Kier alpha value is 2.35. The zero-order chi connectivity index (χ0) is 7.82. The Morgan fingerprint density at radius 2 is 1.07 bits per heavy atom. The minimum absolute atomic E-state index is 0. The zero-order valence-corrected chi connectivity index (χ0v) is 13.7. The molecular weight excluding hydrogens is 249 g/mol. The van der Waals surface area contributed by atoms with Crippen molar-refractivity contribution in [1.29, 1.82) is 0 Å². The molecule has 0 aromatic rings. The molecule has 5 nitrogen and oxygen atoms in total. The van der Waals surface area contributed by atoms with Crippen molar-refractivity contribution in [3.8, 4) is 0 Å². The van der Waals surface area contributed by atoms with Crippen molar-refractivity contribution < 1.29 is 54.6 Å². The van der Waals surface area contributed by atoms with E-state index in [1.54, 1.807) is 4.90 Å². The quantitative estimate of drug-likeness (QED) is 0.420. The second-order valence-electron chi connectivity index (χ2n) is 2.01. The molecule has 0 rings (SSSR count). The topological polar surface area (TPSA) is 95.4 Å². The predicted molar refractivity (Wildman–Crippen MR) is 57.6 cm³/mol. The van der Waals surface area contributed by atoms with Crippen molar-refractivity contribution in [2.24, 2.45) is 0 Å². The fourth-order valence-electron chi connectivity index (χ4n) is 0.760. The summed E-state index contributed by atoms with van der Waals surface area (Å²) < 4.78 is 0. The molecule has 0 aliphatic rings. The third kappa shape index (κ3) is 19.9. The number of nitrogens with zero attached hydrogens (tertiary/aromatic N) is 1. The molecule has 0 unspecified atom stereocenters. The Bertz CT molecular complexity index is 84.0. The summed E-state index contributed by atoms with van der Waals surface area (Å²) >= 11 is 0. The van der Waals surface area contributed by atoms with Crippen LogP contribution in [0.1, 0.15) is 4.28 Å². The number of rotatable bonds is 6. The largest absolute Gasteiger partial charge is 2.00 e. The van der Waals surface area contributed by atoms with Crippen LogP contribution in [0.15, 0.2) is 0 Å². The average molecular weight is 270 g/mol. The summed E-state index contributed by atoms with van der Waals surface area (Å²) in [6, 6.07) is 0. The molecule has 0 bridgehead atoms. The van der Waals surface area contributed by atoms with Gasteiger partial charge in [-0.3, -0.25) is 4.90 Å². The van der Waals surface area contributed by atoms with Crippen molar-refractivity contribution >= 4 is 50.1 Å². The number of aliphatic hydroxyl groups is 3. The van der Waals surface area contributed by atoms with E-state index in [-0.39, 0.29) is 109 Å². The third-order valence-corrected chi connectivity index (χ3v) is 1.25. The number of hydrogen-bond donors (Lipinski definition) is 3. The first-order valence-corrected chi connectivity index (χ1v) is 3.40. The van der Waals surface area contributed by atoms with Crippen molar-refractivity contribution in [1.82, 2.24) is 4.90 Å². The Labute approximate surface area is 147 Å². The van der Waals surface area contributed by atoms with Crippen LogP contribution in [-0.4, -0.2) is 103 Å². The Kier molecular flexibility index (Phi) is 52.4. The van der Waals surface area contributed by atoms with Gasteiger partial charge in [-0.05, 0) is 0 Å². The van der Waals surface area contributed by atoms with Crippen molar-refractivity contribution in [2.75, 3.05) is 39.5 Å². The van der Waals surface area contributed by atoms with Gasteiger partial charge in [0, 0.05) is 19.6 Å². The molecule has 5 N–H and O–H groups in total. The van der Waals surface area contributed by atoms with Crippen LogP contribution in [-0.2, 0) is 0 Å². The molecule has 0 aliphatic heterocycles. The van der Waals surface area contributed by atoms with Gasteiger partial charge in [-0.2, -0.15) is 0 Å². The maximum atomic E-state index is 8.48. The van der Waals surface area contributed by atoms with Crippen LogP contribution < -0.4 is 29.6 Å². The maximum Gasteiger partial charge on any atom is 2.00 e. The maximum absolute atomic E-state index is 8.48. The number of aliphatic hydroxyl groups excluding tert-OH is 3. The molecule has 8 heteroatoms. The minimum atomic E-state index is 0. The van der Waals surface area contributed by atoms with Crippen LogP contribution in [0.5, 0.6) is 0 Å². The van der Waals surface area contributed by atoms with E-state index in [1.165, 1.54) is 0 Å². The smallest absolute Gasteiger partial charge is 1.00 e. The van der Waals surface area contributed by atoms with Crippen molar-refractivity contribution in [3.63, 3.8) is 0 Å². The van der Waals surface area contributed by atoms with E-state index in [4.69, 9.17) is 15.3 Å². The molecule has 0 aromatic heterocycles. The first kappa shape index (κ1) is 29.9. The molecule has 84 valence electrons. The monoisotopic (exact) mass is 269 g/mol. The summed E-state index contributed by atoms with van der Waals surface area (Å²) in [4.78, 5) is 1.79. The normalized spacial score (nSPS) is 7.71. The summed E-state index contributed by atoms with van der Waals surface area (Å²) in [6.45, 7) is 1.75. The Balaban J connectivity index is -0.0000000193. The van der Waals surface area contributed by atoms with Crippen LogP contribution in [0.4, 0.5) is 0 Å².